The molecule has 0 bridgehead atoms. The van der Waals surface area contributed by atoms with Crippen molar-refractivity contribution in [1.29, 1.82) is 0 Å². The number of carbonyl (C=O) groups is 4. The number of aliphatic carboxylic acids is 2. The van der Waals surface area contributed by atoms with Crippen LogP contribution < -0.4 is 47.9 Å². The molecule has 0 rings (SSSR count). The van der Waals surface area contributed by atoms with Crippen LogP contribution in [0.15, 0.2) is 0 Å². The average Bonchev–Trinajstić information content (AvgIpc) is 2.12. The van der Waals surface area contributed by atoms with Crippen LogP contribution in [0.5, 0.6) is 0 Å². The Hall–Kier alpha value is -0.705. The minimum Gasteiger partial charge on any atom is -0.542 e. The van der Waals surface area contributed by atoms with E-state index in [1.165, 1.54) is 0 Å². The monoisotopic (exact) mass is 348 g/mol. The van der Waals surface area contributed by atoms with Gasteiger partial charge in [0.1, 0.15) is 23.4 Å². The number of ketones is 2. The number of hydrogen-bond donors (Lipinski definition) is 2. The Morgan fingerprint density at radius 2 is 0.864 bits per heavy atom. The van der Waals surface area contributed by atoms with Gasteiger partial charge in [-0.2, -0.15) is 16.8 Å². The van der Waals surface area contributed by atoms with E-state index in [2.05, 4.69) is 0 Å². The molecule has 0 saturated carbocycles. The van der Waals surface area contributed by atoms with Gasteiger partial charge in [-0.15, -0.1) is 0 Å². The molecule has 0 aliphatic carbocycles. The van der Waals surface area contributed by atoms with Crippen molar-refractivity contribution in [2.24, 2.45) is 0 Å². The number of carboxylic acid groups (broad SMARTS) is 2. The maximum absolute atomic E-state index is 9.96. The summed E-state index contributed by atoms with van der Waals surface area (Å²) in [7, 11) is -9.08. The largest absolute Gasteiger partial charge is 1.00 e. The van der Waals surface area contributed by atoms with E-state index in [4.69, 9.17) is 9.11 Å². The third kappa shape index (κ3) is 21.6. The molecular formula is C6H6Li2O12S2. The zero-order valence-corrected chi connectivity index (χ0v) is 12.8. The molecule has 2 N–H and O–H groups in total. The molecule has 0 radical (unpaired) electrons. The van der Waals surface area contributed by atoms with Crippen molar-refractivity contribution >= 4 is 43.7 Å². The number of hydrogen-bond acceptors (Lipinski definition) is 10. The van der Waals surface area contributed by atoms with Crippen LogP contribution in [0.1, 0.15) is 0 Å². The number of Topliss-reactive ketones (excluding diaryl/α,β-unsaturated/α-hetero) is 2. The van der Waals surface area contributed by atoms with Crippen molar-refractivity contribution in [3.05, 3.63) is 0 Å². The van der Waals surface area contributed by atoms with Crippen molar-refractivity contribution < 1.29 is 93.1 Å². The zero-order chi connectivity index (χ0) is 16.7. The SMILES string of the molecule is O=C([O-])C(=O)CS(=O)(=O)O.O=C([O-])C(=O)CS(=O)(=O)O.[Li+].[Li+]. The second-order valence-electron chi connectivity index (χ2n) is 2.87. The van der Waals surface area contributed by atoms with Crippen LogP contribution in [-0.4, -0.2) is 61.0 Å². The van der Waals surface area contributed by atoms with E-state index in [1.807, 2.05) is 0 Å². The first kappa shape index (κ1) is 29.3. The van der Waals surface area contributed by atoms with Gasteiger partial charge in [0.05, 0.1) is 0 Å². The summed E-state index contributed by atoms with van der Waals surface area (Å²) in [6, 6.07) is 0. The Labute approximate surface area is 148 Å². The molecule has 16 heteroatoms. The molecule has 0 atom stereocenters. The van der Waals surface area contributed by atoms with Crippen molar-refractivity contribution in [3.8, 4) is 0 Å². The van der Waals surface area contributed by atoms with Gasteiger partial charge in [0, 0.05) is 0 Å². The molecule has 0 spiro atoms. The van der Waals surface area contributed by atoms with Crippen LogP contribution in [0.2, 0.25) is 0 Å². The first-order chi connectivity index (χ1) is 8.65. The first-order valence-corrected chi connectivity index (χ1v) is 7.26. The Morgan fingerprint density at radius 3 is 0.909 bits per heavy atom. The molecule has 0 aliphatic rings. The molecular weight excluding hydrogens is 342 g/mol. The molecule has 0 unspecified atom stereocenters. The average molecular weight is 348 g/mol. The quantitative estimate of drug-likeness (QED) is 0.259. The fourth-order valence-electron chi connectivity index (χ4n) is 0.449. The second-order valence-corrected chi connectivity index (χ2v) is 5.78. The molecule has 0 aliphatic heterocycles. The smallest absolute Gasteiger partial charge is 0.542 e. The number of carboxylic acids is 2. The Balaban J connectivity index is -0.000000135. The van der Waals surface area contributed by atoms with Crippen LogP contribution in [0.4, 0.5) is 0 Å². The van der Waals surface area contributed by atoms with Crippen LogP contribution in [0.25, 0.3) is 0 Å². The normalized spacial score (nSPS) is 9.91. The minimum atomic E-state index is -4.54. The van der Waals surface area contributed by atoms with Crippen molar-refractivity contribution in [1.82, 2.24) is 0 Å². The molecule has 0 saturated heterocycles. The maximum Gasteiger partial charge on any atom is 1.00 e. The number of carbonyl (C=O) groups excluding carboxylic acids is 4. The van der Waals surface area contributed by atoms with Crippen LogP contribution >= 0.6 is 0 Å². The second kappa shape index (κ2) is 11.8. The van der Waals surface area contributed by atoms with Crippen LogP contribution in [0, 0.1) is 0 Å². The molecule has 0 aromatic rings. The van der Waals surface area contributed by atoms with E-state index >= 15 is 0 Å². The van der Waals surface area contributed by atoms with E-state index in [9.17, 15) is 46.2 Å². The Morgan fingerprint density at radius 1 is 0.682 bits per heavy atom. The molecule has 0 amide bonds. The molecule has 0 heterocycles. The van der Waals surface area contributed by atoms with E-state index < -0.39 is 55.2 Å². The first-order valence-electron chi connectivity index (χ1n) is 4.04. The third-order valence-corrected chi connectivity index (χ3v) is 2.34. The van der Waals surface area contributed by atoms with Gasteiger partial charge >= 0.3 is 37.7 Å². The molecule has 0 aromatic carbocycles. The Bertz CT molecular complexity index is 562. The zero-order valence-electron chi connectivity index (χ0n) is 11.2. The van der Waals surface area contributed by atoms with Gasteiger partial charge in [0.25, 0.3) is 20.2 Å². The summed E-state index contributed by atoms with van der Waals surface area (Å²) in [6.45, 7) is 0. The van der Waals surface area contributed by atoms with Gasteiger partial charge in [0.2, 0.25) is 0 Å². The molecule has 0 aromatic heterocycles. The Kier molecular flexibility index (Phi) is 15.7. The van der Waals surface area contributed by atoms with Gasteiger partial charge in [0.15, 0.2) is 11.6 Å². The summed E-state index contributed by atoms with van der Waals surface area (Å²) in [5.41, 5.74) is 0. The van der Waals surface area contributed by atoms with Crippen molar-refractivity contribution in [2.45, 2.75) is 0 Å². The van der Waals surface area contributed by atoms with Crippen LogP contribution in [0.3, 0.4) is 0 Å². The third-order valence-electron chi connectivity index (χ3n) is 1.08. The summed E-state index contributed by atoms with van der Waals surface area (Å²) in [6.07, 6.45) is 0. The predicted octanol–water partition coefficient (Wildman–Crippen LogP) is -11.6. The van der Waals surface area contributed by atoms with Crippen LogP contribution in [-0.2, 0) is 39.4 Å². The standard InChI is InChI=1S/2C3H4O6S.2Li/c2*4-2(3(5)6)1-10(7,8)9;;/h2*1H2,(H,5,6)(H,7,8,9);;/q;;2*+1/p-2. The predicted molar refractivity (Wildman–Crippen MR) is 52.9 cm³/mol. The van der Waals surface area contributed by atoms with E-state index in [0.29, 0.717) is 0 Å². The molecule has 22 heavy (non-hydrogen) atoms. The van der Waals surface area contributed by atoms with Crippen molar-refractivity contribution in [2.75, 3.05) is 11.5 Å². The fraction of sp³-hybridized carbons (Fsp3) is 0.333. The fourth-order valence-corrected chi connectivity index (χ4v) is 1.35. The summed E-state index contributed by atoms with van der Waals surface area (Å²) in [5.74, 6) is -10.5. The topological polar surface area (TPSA) is 223 Å². The van der Waals surface area contributed by atoms with Gasteiger partial charge < -0.3 is 19.8 Å². The molecule has 12 nitrogen and oxygen atoms in total. The van der Waals surface area contributed by atoms with Gasteiger partial charge in [-0.05, 0) is 0 Å². The molecule has 0 fully saturated rings. The summed E-state index contributed by atoms with van der Waals surface area (Å²) in [4.78, 5) is 39.0. The van der Waals surface area contributed by atoms with Gasteiger partial charge in [-0.1, -0.05) is 0 Å². The van der Waals surface area contributed by atoms with E-state index in [1.54, 1.807) is 0 Å². The summed E-state index contributed by atoms with van der Waals surface area (Å²) >= 11 is 0. The van der Waals surface area contributed by atoms with E-state index in [-0.39, 0.29) is 37.7 Å². The molecule has 116 valence electrons. The van der Waals surface area contributed by atoms with E-state index in [0.717, 1.165) is 0 Å². The number of rotatable bonds is 6. The van der Waals surface area contributed by atoms with Gasteiger partial charge in [-0.3, -0.25) is 18.7 Å². The van der Waals surface area contributed by atoms with Crippen molar-refractivity contribution in [3.63, 3.8) is 0 Å². The maximum atomic E-state index is 9.96. The summed E-state index contributed by atoms with van der Waals surface area (Å²) in [5, 5.41) is 19.1. The minimum absolute atomic E-state index is 0. The summed E-state index contributed by atoms with van der Waals surface area (Å²) < 4.78 is 55.0. The van der Waals surface area contributed by atoms with Gasteiger partial charge in [-0.25, -0.2) is 0 Å².